The van der Waals surface area contributed by atoms with Gasteiger partial charge in [-0.25, -0.2) is 4.98 Å². The Morgan fingerprint density at radius 3 is 2.34 bits per heavy atom. The number of benzene rings is 2. The van der Waals surface area contributed by atoms with Crippen LogP contribution in [0, 0.1) is 0 Å². The average molecular weight is 557 g/mol. The molecule has 0 radical (unpaired) electrons. The third-order valence-electron chi connectivity index (χ3n) is 6.23. The van der Waals surface area contributed by atoms with Crippen molar-refractivity contribution in [3.05, 3.63) is 76.4 Å². The molecule has 188 valence electrons. The molecule has 1 saturated heterocycles. The fourth-order valence-corrected chi connectivity index (χ4v) is 4.62. The minimum absolute atomic E-state index is 0. The van der Waals surface area contributed by atoms with Gasteiger partial charge >= 0.3 is 0 Å². The highest BCUT2D eigenvalue weighted by Gasteiger charge is 2.17. The van der Waals surface area contributed by atoms with Gasteiger partial charge in [0.25, 0.3) is 5.56 Å². The Bertz CT molecular complexity index is 1310. The van der Waals surface area contributed by atoms with Crippen molar-refractivity contribution in [3.63, 3.8) is 0 Å². The first kappa shape index (κ1) is 29.1. The first-order chi connectivity index (χ1) is 15.7. The van der Waals surface area contributed by atoms with Crippen molar-refractivity contribution in [2.24, 2.45) is 0 Å². The highest BCUT2D eigenvalue weighted by Crippen LogP contribution is 2.21. The lowest BCUT2D eigenvalue weighted by Crippen LogP contribution is -2.46. The number of nitrogens with zero attached hydrogens (tertiary/aromatic N) is 5. The van der Waals surface area contributed by atoms with E-state index in [9.17, 15) is 4.79 Å². The fraction of sp³-hybridized carbons (Fsp3) is 0.320. The monoisotopic (exact) mass is 555 g/mol. The first-order valence-electron chi connectivity index (χ1n) is 11.1. The van der Waals surface area contributed by atoms with E-state index >= 15 is 0 Å². The van der Waals surface area contributed by atoms with Crippen molar-refractivity contribution >= 4 is 76.3 Å². The lowest BCUT2D eigenvalue weighted by molar-refractivity contribution is 0.251. The normalized spacial score (nSPS) is 13.7. The summed E-state index contributed by atoms with van der Waals surface area (Å²) in [5.74, 6) is 0. The predicted octanol–water partition coefficient (Wildman–Crippen LogP) is 5.47. The Kier molecular flexibility index (Phi) is 11.1. The van der Waals surface area contributed by atoms with Crippen molar-refractivity contribution < 1.29 is 0 Å². The van der Waals surface area contributed by atoms with Crippen LogP contribution >= 0.6 is 48.8 Å². The molecule has 2 aromatic heterocycles. The van der Waals surface area contributed by atoms with Gasteiger partial charge in [-0.1, -0.05) is 35.9 Å². The van der Waals surface area contributed by atoms with Crippen molar-refractivity contribution in [2.75, 3.05) is 37.6 Å². The van der Waals surface area contributed by atoms with Crippen LogP contribution in [-0.2, 0) is 6.54 Å². The Hall–Kier alpha value is -2.09. The molecule has 4 aromatic rings. The quantitative estimate of drug-likeness (QED) is 0.233. The maximum atomic E-state index is 12.9. The summed E-state index contributed by atoms with van der Waals surface area (Å²) in [6.45, 7) is 5.83. The Morgan fingerprint density at radius 1 is 0.829 bits per heavy atom. The Labute approximate surface area is 228 Å². The molecule has 1 fully saturated rings. The number of para-hydroxylation sites is 1. The number of aromatic nitrogens is 3. The number of unbranched alkanes of at least 4 members (excludes halogenated alkanes) is 1. The molecule has 0 N–H and O–H groups in total. The predicted molar refractivity (Wildman–Crippen MR) is 152 cm³/mol. The zero-order chi connectivity index (χ0) is 21.9. The smallest absolute Gasteiger partial charge is 0.262 e. The number of rotatable bonds is 6. The molecule has 1 aliphatic rings. The molecule has 5 rings (SSSR count). The van der Waals surface area contributed by atoms with Crippen LogP contribution < -0.4 is 10.5 Å². The van der Waals surface area contributed by atoms with Crippen LogP contribution in [0.25, 0.3) is 21.8 Å². The standard InChI is InChI=1S/C25H26ClN5O.3ClH/c26-19-6-5-7-20(16-19)30-14-12-29(13-15-30)10-3-4-11-31-18-28-24-21-8-1-2-9-23(21)27-17-22(24)25(31)32;;;/h1-2,5-9,16-18H,3-4,10-15H2;3*1H. The molecule has 0 unspecified atom stereocenters. The molecular weight excluding hydrogens is 528 g/mol. The summed E-state index contributed by atoms with van der Waals surface area (Å²) in [4.78, 5) is 26.8. The second kappa shape index (κ2) is 13.3. The van der Waals surface area contributed by atoms with Gasteiger partial charge in [-0.2, -0.15) is 0 Å². The first-order valence-corrected chi connectivity index (χ1v) is 11.5. The molecule has 0 bridgehead atoms. The SMILES string of the molecule is Cl.Cl.Cl.O=c1c2cnc3ccccc3c2ncn1CCCCN1CCN(c2cccc(Cl)c2)CC1. The minimum Gasteiger partial charge on any atom is -0.369 e. The number of aryl methyl sites for hydroxylation is 1. The number of halogens is 4. The van der Waals surface area contributed by atoms with Gasteiger partial charge in [0.1, 0.15) is 0 Å². The highest BCUT2D eigenvalue weighted by atomic mass is 35.5. The van der Waals surface area contributed by atoms with Crippen LogP contribution in [0.4, 0.5) is 5.69 Å². The summed E-state index contributed by atoms with van der Waals surface area (Å²) < 4.78 is 1.72. The van der Waals surface area contributed by atoms with E-state index < -0.39 is 0 Å². The summed E-state index contributed by atoms with van der Waals surface area (Å²) >= 11 is 6.13. The molecule has 0 atom stereocenters. The number of piperazine rings is 1. The minimum atomic E-state index is -0.0108. The van der Waals surface area contributed by atoms with Crippen LogP contribution in [0.5, 0.6) is 0 Å². The summed E-state index contributed by atoms with van der Waals surface area (Å²) in [5.41, 5.74) is 2.78. The van der Waals surface area contributed by atoms with E-state index in [4.69, 9.17) is 11.6 Å². The maximum Gasteiger partial charge on any atom is 0.262 e. The van der Waals surface area contributed by atoms with Gasteiger partial charge in [0.2, 0.25) is 0 Å². The number of pyridine rings is 1. The largest absolute Gasteiger partial charge is 0.369 e. The lowest BCUT2D eigenvalue weighted by Gasteiger charge is -2.36. The Morgan fingerprint density at radius 2 is 1.57 bits per heavy atom. The zero-order valence-corrected chi connectivity index (χ0v) is 22.4. The van der Waals surface area contributed by atoms with Gasteiger partial charge < -0.3 is 4.90 Å². The van der Waals surface area contributed by atoms with Gasteiger partial charge in [-0.05, 0) is 43.7 Å². The molecule has 0 saturated carbocycles. The van der Waals surface area contributed by atoms with Crippen molar-refractivity contribution in [2.45, 2.75) is 19.4 Å². The van der Waals surface area contributed by atoms with Crippen LogP contribution in [-0.4, -0.2) is 52.2 Å². The van der Waals surface area contributed by atoms with Crippen LogP contribution in [0.15, 0.2) is 65.8 Å². The van der Waals surface area contributed by atoms with E-state index in [0.29, 0.717) is 11.9 Å². The van der Waals surface area contributed by atoms with Crippen LogP contribution in [0.1, 0.15) is 12.8 Å². The topological polar surface area (TPSA) is 54.3 Å². The van der Waals surface area contributed by atoms with E-state index in [1.165, 1.54) is 5.69 Å². The molecule has 10 heteroatoms. The molecule has 0 aliphatic carbocycles. The fourth-order valence-electron chi connectivity index (χ4n) is 4.44. The third kappa shape index (κ3) is 6.57. The van der Waals surface area contributed by atoms with E-state index in [0.717, 1.165) is 67.0 Å². The molecule has 3 heterocycles. The van der Waals surface area contributed by atoms with Crippen LogP contribution in [0.2, 0.25) is 5.02 Å². The van der Waals surface area contributed by atoms with Gasteiger partial charge in [0.05, 0.1) is 22.7 Å². The second-order valence-electron chi connectivity index (χ2n) is 8.30. The lowest BCUT2D eigenvalue weighted by atomic mass is 10.1. The Balaban J connectivity index is 0.00000144. The maximum absolute atomic E-state index is 12.9. The van der Waals surface area contributed by atoms with Gasteiger partial charge in [0, 0.05) is 55.0 Å². The van der Waals surface area contributed by atoms with Gasteiger partial charge in [-0.3, -0.25) is 19.2 Å². The van der Waals surface area contributed by atoms with Crippen LogP contribution in [0.3, 0.4) is 0 Å². The van der Waals surface area contributed by atoms with E-state index in [1.54, 1.807) is 17.1 Å². The summed E-state index contributed by atoms with van der Waals surface area (Å²) in [7, 11) is 0. The molecule has 0 spiro atoms. The molecule has 35 heavy (non-hydrogen) atoms. The summed E-state index contributed by atoms with van der Waals surface area (Å²) in [6.07, 6.45) is 5.34. The number of hydrogen-bond donors (Lipinski definition) is 0. The number of anilines is 1. The molecule has 2 aromatic carbocycles. The van der Waals surface area contributed by atoms with Gasteiger partial charge in [0.15, 0.2) is 0 Å². The van der Waals surface area contributed by atoms with Crippen molar-refractivity contribution in [1.82, 2.24) is 19.4 Å². The zero-order valence-electron chi connectivity index (χ0n) is 19.2. The molecule has 6 nitrogen and oxygen atoms in total. The van der Waals surface area contributed by atoms with Crippen molar-refractivity contribution in [3.8, 4) is 0 Å². The average Bonchev–Trinajstić information content (AvgIpc) is 2.83. The third-order valence-corrected chi connectivity index (χ3v) is 6.47. The van der Waals surface area contributed by atoms with E-state index in [1.807, 2.05) is 42.5 Å². The highest BCUT2D eigenvalue weighted by molar-refractivity contribution is 6.30. The van der Waals surface area contributed by atoms with Crippen molar-refractivity contribution in [1.29, 1.82) is 0 Å². The summed E-state index contributed by atoms with van der Waals surface area (Å²) in [5, 5.41) is 2.29. The van der Waals surface area contributed by atoms with E-state index in [2.05, 4.69) is 25.8 Å². The molecule has 1 aliphatic heterocycles. The molecular formula is C25H29Cl4N5O. The number of hydrogen-bond acceptors (Lipinski definition) is 5. The summed E-state index contributed by atoms with van der Waals surface area (Å²) in [6, 6.07) is 15.9. The molecule has 0 amide bonds. The van der Waals surface area contributed by atoms with Gasteiger partial charge in [-0.15, -0.1) is 37.2 Å². The second-order valence-corrected chi connectivity index (χ2v) is 8.73. The number of fused-ring (bicyclic) bond motifs is 3. The van der Waals surface area contributed by atoms with E-state index in [-0.39, 0.29) is 42.8 Å².